The normalized spacial score (nSPS) is 9.86. The number of hydrogen-bond donors (Lipinski definition) is 0. The lowest BCUT2D eigenvalue weighted by molar-refractivity contribution is 1.22. The van der Waals surface area contributed by atoms with Crippen LogP contribution in [0, 0.1) is 6.42 Å². The molecule has 0 fully saturated rings. The van der Waals surface area contributed by atoms with Gasteiger partial charge in [0.2, 0.25) is 0 Å². The Bertz CT molecular complexity index is 60.4. The van der Waals surface area contributed by atoms with E-state index in [4.69, 9.17) is 0 Å². The number of rotatable bonds is 3. The summed E-state index contributed by atoms with van der Waals surface area (Å²) in [6.45, 7) is 5.63. The second-order valence-electron chi connectivity index (χ2n) is 1.26. The van der Waals surface area contributed by atoms with E-state index in [1.54, 1.807) is 6.08 Å². The average Bonchev–Trinajstić information content (AvgIpc) is 1.69. The first kappa shape index (κ1) is 6.48. The molecule has 1 radical (unpaired) electrons. The van der Waals surface area contributed by atoms with Crippen LogP contribution in [0.4, 0.5) is 0 Å². The second kappa shape index (κ2) is 5.48. The monoisotopic (exact) mass is 95.1 g/mol. The fraction of sp³-hybridized carbons (Fsp3) is 0.286. The van der Waals surface area contributed by atoms with Crippen LogP contribution in [0.3, 0.4) is 0 Å². The molecular formula is C7H11. The molecule has 0 aliphatic heterocycles. The predicted octanol–water partition coefficient (Wildman–Crippen LogP) is 2.34. The van der Waals surface area contributed by atoms with Crippen LogP contribution >= 0.6 is 0 Å². The maximum atomic E-state index is 3.53. The van der Waals surface area contributed by atoms with Crippen molar-refractivity contribution >= 4 is 0 Å². The van der Waals surface area contributed by atoms with Gasteiger partial charge in [-0.15, -0.1) is 6.58 Å². The van der Waals surface area contributed by atoms with Gasteiger partial charge in [-0.2, -0.15) is 0 Å². The van der Waals surface area contributed by atoms with Crippen LogP contribution in [-0.4, -0.2) is 0 Å². The molecule has 0 amide bonds. The SMILES string of the molecule is C=C[CH]/C=C/CC. The highest BCUT2D eigenvalue weighted by atomic mass is 13.7. The first-order valence-electron chi connectivity index (χ1n) is 2.52. The van der Waals surface area contributed by atoms with Crippen LogP contribution in [0.25, 0.3) is 0 Å². The summed E-state index contributed by atoms with van der Waals surface area (Å²) in [5, 5.41) is 0. The first-order chi connectivity index (χ1) is 3.41. The smallest absolute Gasteiger partial charge is 0.00413 e. The number of hydrogen-bond acceptors (Lipinski definition) is 0. The molecule has 0 bridgehead atoms. The third-order valence-electron chi connectivity index (χ3n) is 0.619. The highest BCUT2D eigenvalue weighted by Gasteiger charge is 1.63. The molecule has 0 spiro atoms. The summed E-state index contributed by atoms with van der Waals surface area (Å²) in [6, 6.07) is 0. The summed E-state index contributed by atoms with van der Waals surface area (Å²) in [5.41, 5.74) is 0. The molecule has 0 heterocycles. The van der Waals surface area contributed by atoms with Crippen molar-refractivity contribution in [2.24, 2.45) is 0 Å². The van der Waals surface area contributed by atoms with Crippen molar-refractivity contribution in [3.63, 3.8) is 0 Å². The molecule has 0 nitrogen and oxygen atoms in total. The second-order valence-corrected chi connectivity index (χ2v) is 1.26. The van der Waals surface area contributed by atoms with Crippen LogP contribution in [0.1, 0.15) is 13.3 Å². The Balaban J connectivity index is 2.92. The average molecular weight is 95.2 g/mol. The summed E-state index contributed by atoms with van der Waals surface area (Å²) < 4.78 is 0. The van der Waals surface area contributed by atoms with E-state index in [2.05, 4.69) is 19.6 Å². The zero-order valence-corrected chi connectivity index (χ0v) is 4.72. The highest BCUT2D eigenvalue weighted by Crippen LogP contribution is 1.82. The maximum Gasteiger partial charge on any atom is 0.00413 e. The van der Waals surface area contributed by atoms with Gasteiger partial charge in [0.1, 0.15) is 0 Å². The lowest BCUT2D eigenvalue weighted by Gasteiger charge is -1.74. The first-order valence-corrected chi connectivity index (χ1v) is 2.52. The van der Waals surface area contributed by atoms with Crippen molar-refractivity contribution in [3.05, 3.63) is 31.2 Å². The Hall–Kier alpha value is -0.520. The van der Waals surface area contributed by atoms with E-state index < -0.39 is 0 Å². The van der Waals surface area contributed by atoms with Crippen molar-refractivity contribution in [3.8, 4) is 0 Å². The largest absolute Gasteiger partial charge is 0.102 e. The van der Waals surface area contributed by atoms with Crippen molar-refractivity contribution in [2.45, 2.75) is 13.3 Å². The van der Waals surface area contributed by atoms with Crippen LogP contribution < -0.4 is 0 Å². The van der Waals surface area contributed by atoms with Crippen molar-refractivity contribution in [1.29, 1.82) is 0 Å². The van der Waals surface area contributed by atoms with Crippen LogP contribution in [0.5, 0.6) is 0 Å². The lowest BCUT2D eigenvalue weighted by Crippen LogP contribution is -1.55. The van der Waals surface area contributed by atoms with Gasteiger partial charge in [-0.3, -0.25) is 0 Å². The van der Waals surface area contributed by atoms with Gasteiger partial charge < -0.3 is 0 Å². The van der Waals surface area contributed by atoms with Crippen molar-refractivity contribution in [1.82, 2.24) is 0 Å². The van der Waals surface area contributed by atoms with Crippen LogP contribution in [-0.2, 0) is 0 Å². The van der Waals surface area contributed by atoms with E-state index in [1.165, 1.54) is 0 Å². The maximum absolute atomic E-state index is 3.53. The molecule has 0 N–H and O–H groups in total. The van der Waals surface area contributed by atoms with Gasteiger partial charge in [0.05, 0.1) is 0 Å². The summed E-state index contributed by atoms with van der Waals surface area (Å²) in [6.07, 6.45) is 8.87. The highest BCUT2D eigenvalue weighted by molar-refractivity contribution is 5.04. The molecule has 7 heavy (non-hydrogen) atoms. The van der Waals surface area contributed by atoms with E-state index in [0.717, 1.165) is 6.42 Å². The van der Waals surface area contributed by atoms with E-state index in [0.29, 0.717) is 0 Å². The molecule has 0 aromatic carbocycles. The summed E-state index contributed by atoms with van der Waals surface area (Å²) in [7, 11) is 0. The molecule has 0 saturated heterocycles. The zero-order valence-electron chi connectivity index (χ0n) is 4.72. The van der Waals surface area contributed by atoms with Gasteiger partial charge in [0, 0.05) is 6.42 Å². The molecule has 0 aliphatic rings. The topological polar surface area (TPSA) is 0 Å². The van der Waals surface area contributed by atoms with Gasteiger partial charge in [0.15, 0.2) is 0 Å². The van der Waals surface area contributed by atoms with Crippen LogP contribution in [0.2, 0.25) is 0 Å². The van der Waals surface area contributed by atoms with E-state index >= 15 is 0 Å². The molecule has 0 atom stereocenters. The summed E-state index contributed by atoms with van der Waals surface area (Å²) in [5.74, 6) is 0. The van der Waals surface area contributed by atoms with Gasteiger partial charge >= 0.3 is 0 Å². The van der Waals surface area contributed by atoms with E-state index in [1.807, 2.05) is 12.5 Å². The lowest BCUT2D eigenvalue weighted by atomic mass is 10.3. The van der Waals surface area contributed by atoms with Crippen molar-refractivity contribution < 1.29 is 0 Å². The Morgan fingerprint density at radius 3 is 2.71 bits per heavy atom. The standard InChI is InChI=1S/C7H11/c1-3-5-7-6-4-2/h3,5-7H,1,4H2,2H3/b7-6+. The van der Waals surface area contributed by atoms with Gasteiger partial charge in [-0.1, -0.05) is 25.2 Å². The minimum absolute atomic E-state index is 1.10. The molecule has 0 aromatic rings. The molecule has 0 rings (SSSR count). The third-order valence-corrected chi connectivity index (χ3v) is 0.619. The van der Waals surface area contributed by atoms with Gasteiger partial charge in [-0.25, -0.2) is 0 Å². The summed E-state index contributed by atoms with van der Waals surface area (Å²) >= 11 is 0. The molecular weight excluding hydrogens is 84.1 g/mol. The molecule has 0 aliphatic carbocycles. The molecule has 0 unspecified atom stereocenters. The quantitative estimate of drug-likeness (QED) is 0.504. The fourth-order valence-electron chi connectivity index (χ4n) is 0.293. The molecule has 39 valence electrons. The molecule has 0 saturated carbocycles. The predicted molar refractivity (Wildman–Crippen MR) is 33.9 cm³/mol. The number of allylic oxidation sites excluding steroid dienone is 3. The van der Waals surface area contributed by atoms with Crippen molar-refractivity contribution in [2.75, 3.05) is 0 Å². The van der Waals surface area contributed by atoms with Gasteiger partial charge in [0.25, 0.3) is 0 Å². The zero-order chi connectivity index (χ0) is 5.54. The fourth-order valence-corrected chi connectivity index (χ4v) is 0.293. The Kier molecular flexibility index (Phi) is 5.07. The van der Waals surface area contributed by atoms with Gasteiger partial charge in [-0.05, 0) is 6.42 Å². The Labute approximate surface area is 45.5 Å². The van der Waals surface area contributed by atoms with E-state index in [9.17, 15) is 0 Å². The Morgan fingerprint density at radius 1 is 1.57 bits per heavy atom. The minimum atomic E-state index is 1.10. The minimum Gasteiger partial charge on any atom is -0.102 e. The van der Waals surface area contributed by atoms with Crippen LogP contribution in [0.15, 0.2) is 24.8 Å². The molecule has 0 aromatic heterocycles. The summed E-state index contributed by atoms with van der Waals surface area (Å²) in [4.78, 5) is 0. The third kappa shape index (κ3) is 5.48. The van der Waals surface area contributed by atoms with E-state index in [-0.39, 0.29) is 0 Å². The Morgan fingerprint density at radius 2 is 2.29 bits per heavy atom. The molecule has 0 heteroatoms.